The highest BCUT2D eigenvalue weighted by atomic mass is 16.2. The molecule has 0 bridgehead atoms. The van der Waals surface area contributed by atoms with E-state index in [-0.39, 0.29) is 5.91 Å². The molecule has 23 heavy (non-hydrogen) atoms. The summed E-state index contributed by atoms with van der Waals surface area (Å²) in [5.41, 5.74) is 0.972. The van der Waals surface area contributed by atoms with Crippen molar-refractivity contribution in [3.63, 3.8) is 0 Å². The highest BCUT2D eigenvalue weighted by molar-refractivity contribution is 5.78. The highest BCUT2D eigenvalue weighted by Crippen LogP contribution is 2.27. The average molecular weight is 316 g/mol. The van der Waals surface area contributed by atoms with Crippen LogP contribution in [0.4, 0.5) is 0 Å². The van der Waals surface area contributed by atoms with E-state index >= 15 is 0 Å². The van der Waals surface area contributed by atoms with Crippen LogP contribution < -0.4 is 10.6 Å². The van der Waals surface area contributed by atoms with Crippen LogP contribution in [-0.2, 0) is 11.3 Å². The molecule has 1 amide bonds. The smallest absolute Gasteiger partial charge is 0.237 e. The van der Waals surface area contributed by atoms with E-state index in [4.69, 9.17) is 0 Å². The summed E-state index contributed by atoms with van der Waals surface area (Å²) in [5.74, 6) is 1.01. The third-order valence-corrected chi connectivity index (χ3v) is 4.77. The van der Waals surface area contributed by atoms with Gasteiger partial charge in [0.05, 0.1) is 18.8 Å². The molecule has 126 valence electrons. The molecule has 2 heterocycles. The molecule has 5 nitrogen and oxygen atoms in total. The quantitative estimate of drug-likeness (QED) is 0.801. The van der Waals surface area contributed by atoms with Crippen molar-refractivity contribution in [2.45, 2.75) is 44.7 Å². The number of pyridine rings is 1. The van der Waals surface area contributed by atoms with Gasteiger partial charge in [-0.05, 0) is 69.8 Å². The van der Waals surface area contributed by atoms with Crippen LogP contribution in [0.2, 0.25) is 0 Å². The largest absolute Gasteiger partial charge is 0.333 e. The molecule has 1 aliphatic heterocycles. The van der Waals surface area contributed by atoms with Crippen molar-refractivity contribution < 1.29 is 4.79 Å². The lowest BCUT2D eigenvalue weighted by atomic mass is 10.1. The number of aromatic nitrogens is 1. The Morgan fingerprint density at radius 3 is 2.96 bits per heavy atom. The highest BCUT2D eigenvalue weighted by Gasteiger charge is 2.26. The summed E-state index contributed by atoms with van der Waals surface area (Å²) in [6, 6.07) is 6.24. The summed E-state index contributed by atoms with van der Waals surface area (Å²) in [5, 5.41) is 6.77. The van der Waals surface area contributed by atoms with Gasteiger partial charge in [0.15, 0.2) is 0 Å². The zero-order valence-corrected chi connectivity index (χ0v) is 13.8. The standard InChI is InChI=1S/C18H28N4O/c23-18(13-20-12-15-6-7-15)22(14-16-4-1-2-10-21-16)17-5-3-9-19-11-8-17/h1-2,4,10,15,17,19-20H,3,5-9,11-14H2/t17-/m1/s1. The van der Waals surface area contributed by atoms with Crippen LogP contribution in [-0.4, -0.2) is 48.0 Å². The van der Waals surface area contributed by atoms with Crippen molar-refractivity contribution in [3.8, 4) is 0 Å². The molecular weight excluding hydrogens is 288 g/mol. The summed E-state index contributed by atoms with van der Waals surface area (Å²) in [7, 11) is 0. The van der Waals surface area contributed by atoms with Crippen molar-refractivity contribution in [2.75, 3.05) is 26.2 Å². The third-order valence-electron chi connectivity index (χ3n) is 4.77. The van der Waals surface area contributed by atoms with Gasteiger partial charge in [-0.25, -0.2) is 0 Å². The summed E-state index contributed by atoms with van der Waals surface area (Å²) < 4.78 is 0. The SMILES string of the molecule is O=C(CNCC1CC1)N(Cc1ccccn1)[C@@H]1CCCNCC1. The number of hydrogen-bond donors (Lipinski definition) is 2. The fourth-order valence-electron chi connectivity index (χ4n) is 3.21. The van der Waals surface area contributed by atoms with Gasteiger partial charge in [-0.1, -0.05) is 6.07 Å². The zero-order chi connectivity index (χ0) is 15.9. The van der Waals surface area contributed by atoms with Gasteiger partial charge < -0.3 is 15.5 Å². The van der Waals surface area contributed by atoms with Gasteiger partial charge in [0.2, 0.25) is 5.91 Å². The second-order valence-corrected chi connectivity index (χ2v) is 6.75. The minimum Gasteiger partial charge on any atom is -0.333 e. The second kappa shape index (κ2) is 8.41. The topological polar surface area (TPSA) is 57.3 Å². The Hall–Kier alpha value is -1.46. The first-order chi connectivity index (χ1) is 11.3. The van der Waals surface area contributed by atoms with Crippen LogP contribution in [0.3, 0.4) is 0 Å². The molecule has 1 aromatic rings. The number of hydrogen-bond acceptors (Lipinski definition) is 4. The normalized spacial score (nSPS) is 21.7. The monoisotopic (exact) mass is 316 g/mol. The van der Waals surface area contributed by atoms with E-state index in [1.807, 2.05) is 18.2 Å². The van der Waals surface area contributed by atoms with E-state index in [1.165, 1.54) is 12.8 Å². The lowest BCUT2D eigenvalue weighted by Gasteiger charge is -2.31. The van der Waals surface area contributed by atoms with Crippen LogP contribution >= 0.6 is 0 Å². The minimum atomic E-state index is 0.211. The van der Waals surface area contributed by atoms with E-state index in [2.05, 4.69) is 20.5 Å². The Bertz CT molecular complexity index is 481. The van der Waals surface area contributed by atoms with E-state index < -0.39 is 0 Å². The third kappa shape index (κ3) is 5.29. The van der Waals surface area contributed by atoms with Gasteiger partial charge >= 0.3 is 0 Å². The van der Waals surface area contributed by atoms with Crippen molar-refractivity contribution in [1.29, 1.82) is 0 Å². The Labute approximate surface area is 138 Å². The Morgan fingerprint density at radius 1 is 1.26 bits per heavy atom. The van der Waals surface area contributed by atoms with Gasteiger partial charge in [-0.2, -0.15) is 0 Å². The molecule has 0 aromatic carbocycles. The van der Waals surface area contributed by atoms with Crippen molar-refractivity contribution in [3.05, 3.63) is 30.1 Å². The van der Waals surface area contributed by atoms with Gasteiger partial charge in [-0.15, -0.1) is 0 Å². The molecule has 1 saturated heterocycles. The van der Waals surface area contributed by atoms with Crippen LogP contribution in [0.5, 0.6) is 0 Å². The van der Waals surface area contributed by atoms with E-state index in [1.54, 1.807) is 6.20 Å². The lowest BCUT2D eigenvalue weighted by Crippen LogP contribution is -2.45. The lowest BCUT2D eigenvalue weighted by molar-refractivity contribution is -0.133. The van der Waals surface area contributed by atoms with Crippen LogP contribution in [0, 0.1) is 5.92 Å². The van der Waals surface area contributed by atoms with Crippen LogP contribution in [0.15, 0.2) is 24.4 Å². The second-order valence-electron chi connectivity index (χ2n) is 6.75. The maximum atomic E-state index is 12.8. The molecular formula is C18H28N4O. The molecule has 0 spiro atoms. The molecule has 1 saturated carbocycles. The van der Waals surface area contributed by atoms with Crippen LogP contribution in [0.1, 0.15) is 37.8 Å². The molecule has 2 aliphatic rings. The molecule has 3 rings (SSSR count). The van der Waals surface area contributed by atoms with Gasteiger partial charge in [0.1, 0.15) is 0 Å². The van der Waals surface area contributed by atoms with Crippen molar-refractivity contribution >= 4 is 5.91 Å². The first-order valence-electron chi connectivity index (χ1n) is 8.94. The molecule has 1 aliphatic carbocycles. The fraction of sp³-hybridized carbons (Fsp3) is 0.667. The van der Waals surface area contributed by atoms with E-state index in [0.717, 1.165) is 50.5 Å². The fourth-order valence-corrected chi connectivity index (χ4v) is 3.21. The Morgan fingerprint density at radius 2 is 2.17 bits per heavy atom. The van der Waals surface area contributed by atoms with E-state index in [9.17, 15) is 4.79 Å². The minimum absolute atomic E-state index is 0.211. The number of amides is 1. The van der Waals surface area contributed by atoms with Gasteiger partial charge in [0.25, 0.3) is 0 Å². The molecule has 2 fully saturated rings. The summed E-state index contributed by atoms with van der Waals surface area (Å²) in [6.07, 6.45) is 7.67. The summed E-state index contributed by atoms with van der Waals surface area (Å²) >= 11 is 0. The zero-order valence-electron chi connectivity index (χ0n) is 13.8. The Balaban J connectivity index is 1.62. The average Bonchev–Trinajstić information content (AvgIpc) is 3.40. The molecule has 2 N–H and O–H groups in total. The molecule has 1 atom stereocenters. The first kappa shape index (κ1) is 16.4. The number of nitrogens with one attached hydrogen (secondary N) is 2. The number of nitrogens with zero attached hydrogens (tertiary/aromatic N) is 2. The summed E-state index contributed by atoms with van der Waals surface area (Å²) in [6.45, 7) is 4.10. The number of carbonyl (C=O) groups excluding carboxylic acids is 1. The summed E-state index contributed by atoms with van der Waals surface area (Å²) in [4.78, 5) is 19.2. The predicted octanol–water partition coefficient (Wildman–Crippen LogP) is 1.55. The molecule has 5 heteroatoms. The molecule has 0 radical (unpaired) electrons. The van der Waals surface area contributed by atoms with Crippen molar-refractivity contribution in [1.82, 2.24) is 20.5 Å². The maximum Gasteiger partial charge on any atom is 0.237 e. The first-order valence-corrected chi connectivity index (χ1v) is 8.94. The van der Waals surface area contributed by atoms with Crippen molar-refractivity contribution in [2.24, 2.45) is 5.92 Å². The number of carbonyl (C=O) groups is 1. The van der Waals surface area contributed by atoms with Gasteiger partial charge in [0, 0.05) is 12.2 Å². The maximum absolute atomic E-state index is 12.8. The predicted molar refractivity (Wildman–Crippen MR) is 90.9 cm³/mol. The van der Waals surface area contributed by atoms with Gasteiger partial charge in [-0.3, -0.25) is 9.78 Å². The molecule has 0 unspecified atom stereocenters. The van der Waals surface area contributed by atoms with Crippen LogP contribution in [0.25, 0.3) is 0 Å². The van der Waals surface area contributed by atoms with E-state index in [0.29, 0.717) is 19.1 Å². The molecule has 1 aromatic heterocycles. The number of rotatable bonds is 7. The Kier molecular flexibility index (Phi) is 6.00.